The summed E-state index contributed by atoms with van der Waals surface area (Å²) in [6.45, 7) is 5.90. The highest BCUT2D eigenvalue weighted by atomic mass is 16.5. The predicted molar refractivity (Wildman–Crippen MR) is 45.6 cm³/mol. The molecule has 0 heterocycles. The minimum absolute atomic E-state index is 0.0856. The Labute approximate surface area is 68.8 Å². The van der Waals surface area contributed by atoms with Crippen molar-refractivity contribution in [2.24, 2.45) is 5.92 Å². The van der Waals surface area contributed by atoms with E-state index in [9.17, 15) is 0 Å². The summed E-state index contributed by atoms with van der Waals surface area (Å²) in [7, 11) is 1.64. The summed E-state index contributed by atoms with van der Waals surface area (Å²) in [5.74, 6) is 0.612. The molecule has 3 nitrogen and oxygen atoms in total. The molecule has 3 heteroatoms. The Morgan fingerprint density at radius 1 is 1.45 bits per heavy atom. The number of hydrogen-bond acceptors (Lipinski definition) is 3. The van der Waals surface area contributed by atoms with Crippen LogP contribution in [0.25, 0.3) is 0 Å². The van der Waals surface area contributed by atoms with Crippen molar-refractivity contribution in [3.05, 3.63) is 0 Å². The Balaban J connectivity index is 3.35. The molecule has 1 atom stereocenters. The van der Waals surface area contributed by atoms with E-state index < -0.39 is 0 Å². The van der Waals surface area contributed by atoms with E-state index in [1.165, 1.54) is 0 Å². The van der Waals surface area contributed by atoms with Crippen molar-refractivity contribution in [2.45, 2.75) is 19.9 Å². The molecule has 0 aromatic carbocycles. The number of rotatable bonds is 6. The van der Waals surface area contributed by atoms with Gasteiger partial charge < -0.3 is 15.2 Å². The summed E-state index contributed by atoms with van der Waals surface area (Å²) >= 11 is 0. The van der Waals surface area contributed by atoms with E-state index in [4.69, 9.17) is 9.84 Å². The number of nitrogens with one attached hydrogen (secondary N) is 1. The third-order valence-electron chi connectivity index (χ3n) is 1.40. The molecule has 0 aliphatic heterocycles. The van der Waals surface area contributed by atoms with Crippen LogP contribution in [0.2, 0.25) is 0 Å². The van der Waals surface area contributed by atoms with Crippen molar-refractivity contribution >= 4 is 0 Å². The van der Waals surface area contributed by atoms with Crippen LogP contribution in [0.4, 0.5) is 0 Å². The highest BCUT2D eigenvalue weighted by Gasteiger charge is 2.05. The molecular formula is C8H19NO2. The highest BCUT2D eigenvalue weighted by Crippen LogP contribution is 1.90. The first-order valence-corrected chi connectivity index (χ1v) is 4.03. The van der Waals surface area contributed by atoms with Gasteiger partial charge in [0.15, 0.2) is 0 Å². The topological polar surface area (TPSA) is 41.5 Å². The summed E-state index contributed by atoms with van der Waals surface area (Å²) in [6, 6.07) is 0.0856. The zero-order valence-electron chi connectivity index (χ0n) is 7.63. The Hall–Kier alpha value is -0.120. The minimum atomic E-state index is 0.0856. The molecule has 11 heavy (non-hydrogen) atoms. The first-order chi connectivity index (χ1) is 5.20. The molecule has 68 valence electrons. The maximum atomic E-state index is 8.83. The standard InChI is InChI=1S/C8H19NO2/c1-7(2)4-9-8(5-10)6-11-3/h7-10H,4-6H2,1-3H3. The van der Waals surface area contributed by atoms with E-state index in [1.807, 2.05) is 0 Å². The number of hydrogen-bond donors (Lipinski definition) is 2. The van der Waals surface area contributed by atoms with Crippen molar-refractivity contribution < 1.29 is 9.84 Å². The third kappa shape index (κ3) is 6.28. The molecule has 0 amide bonds. The lowest BCUT2D eigenvalue weighted by atomic mass is 10.2. The summed E-state index contributed by atoms with van der Waals surface area (Å²) in [6.07, 6.45) is 0. The van der Waals surface area contributed by atoms with Gasteiger partial charge in [-0.3, -0.25) is 0 Å². The SMILES string of the molecule is COCC(CO)NCC(C)C. The van der Waals surface area contributed by atoms with Gasteiger partial charge in [-0.2, -0.15) is 0 Å². The Bertz CT molecular complexity index is 86.2. The van der Waals surface area contributed by atoms with Crippen molar-refractivity contribution in [3.63, 3.8) is 0 Å². The lowest BCUT2D eigenvalue weighted by Crippen LogP contribution is -2.38. The number of ether oxygens (including phenoxy) is 1. The molecule has 0 saturated heterocycles. The second-order valence-electron chi connectivity index (χ2n) is 3.14. The van der Waals surface area contributed by atoms with Gasteiger partial charge in [0.2, 0.25) is 0 Å². The fourth-order valence-electron chi connectivity index (χ4n) is 0.780. The van der Waals surface area contributed by atoms with Crippen LogP contribution in [-0.4, -0.2) is 38.0 Å². The highest BCUT2D eigenvalue weighted by molar-refractivity contribution is 4.64. The van der Waals surface area contributed by atoms with Crippen molar-refractivity contribution in [1.82, 2.24) is 5.32 Å². The second-order valence-corrected chi connectivity index (χ2v) is 3.14. The summed E-state index contributed by atoms with van der Waals surface area (Å²) in [5, 5.41) is 12.0. The Kier molecular flexibility index (Phi) is 6.51. The first-order valence-electron chi connectivity index (χ1n) is 4.03. The average Bonchev–Trinajstić information content (AvgIpc) is 1.97. The molecule has 0 radical (unpaired) electrons. The number of aliphatic hydroxyl groups is 1. The minimum Gasteiger partial charge on any atom is -0.395 e. The molecule has 0 spiro atoms. The van der Waals surface area contributed by atoms with E-state index >= 15 is 0 Å². The van der Waals surface area contributed by atoms with Gasteiger partial charge in [-0.05, 0) is 12.5 Å². The molecule has 0 fully saturated rings. The van der Waals surface area contributed by atoms with Gasteiger partial charge in [-0.15, -0.1) is 0 Å². The fraction of sp³-hybridized carbons (Fsp3) is 1.00. The van der Waals surface area contributed by atoms with E-state index in [0.29, 0.717) is 12.5 Å². The second kappa shape index (κ2) is 6.58. The predicted octanol–water partition coefficient (Wildman–Crippen LogP) is 0.239. The lowest BCUT2D eigenvalue weighted by Gasteiger charge is -2.16. The molecule has 0 saturated carbocycles. The van der Waals surface area contributed by atoms with Crippen molar-refractivity contribution in [1.29, 1.82) is 0 Å². The van der Waals surface area contributed by atoms with Crippen LogP contribution in [0.1, 0.15) is 13.8 Å². The average molecular weight is 161 g/mol. The zero-order valence-corrected chi connectivity index (χ0v) is 7.63. The molecule has 0 bridgehead atoms. The van der Waals surface area contributed by atoms with Crippen LogP contribution in [-0.2, 0) is 4.74 Å². The normalized spacial score (nSPS) is 13.9. The smallest absolute Gasteiger partial charge is 0.0638 e. The van der Waals surface area contributed by atoms with Gasteiger partial charge in [-0.25, -0.2) is 0 Å². The van der Waals surface area contributed by atoms with Crippen LogP contribution < -0.4 is 5.32 Å². The third-order valence-corrected chi connectivity index (χ3v) is 1.40. The largest absolute Gasteiger partial charge is 0.395 e. The van der Waals surface area contributed by atoms with Crippen molar-refractivity contribution in [2.75, 3.05) is 26.9 Å². The maximum absolute atomic E-state index is 8.83. The number of methoxy groups -OCH3 is 1. The molecule has 0 aromatic rings. The van der Waals surface area contributed by atoms with Crippen LogP contribution >= 0.6 is 0 Å². The summed E-state index contributed by atoms with van der Waals surface area (Å²) in [5.41, 5.74) is 0. The van der Waals surface area contributed by atoms with E-state index in [-0.39, 0.29) is 12.6 Å². The van der Waals surface area contributed by atoms with Gasteiger partial charge >= 0.3 is 0 Å². The van der Waals surface area contributed by atoms with E-state index in [0.717, 1.165) is 6.54 Å². The fourth-order valence-corrected chi connectivity index (χ4v) is 0.780. The molecule has 2 N–H and O–H groups in total. The summed E-state index contributed by atoms with van der Waals surface area (Å²) in [4.78, 5) is 0. The van der Waals surface area contributed by atoms with Gasteiger partial charge in [0.05, 0.1) is 19.3 Å². The van der Waals surface area contributed by atoms with Gasteiger partial charge in [0, 0.05) is 7.11 Å². The molecule has 0 aliphatic carbocycles. The van der Waals surface area contributed by atoms with E-state index in [1.54, 1.807) is 7.11 Å². The maximum Gasteiger partial charge on any atom is 0.0638 e. The van der Waals surface area contributed by atoms with Crippen LogP contribution in [0, 0.1) is 5.92 Å². The van der Waals surface area contributed by atoms with E-state index in [2.05, 4.69) is 19.2 Å². The molecular weight excluding hydrogens is 142 g/mol. The Morgan fingerprint density at radius 3 is 2.45 bits per heavy atom. The van der Waals surface area contributed by atoms with Crippen molar-refractivity contribution in [3.8, 4) is 0 Å². The van der Waals surface area contributed by atoms with Gasteiger partial charge in [-0.1, -0.05) is 13.8 Å². The quantitative estimate of drug-likeness (QED) is 0.586. The lowest BCUT2D eigenvalue weighted by molar-refractivity contribution is 0.127. The van der Waals surface area contributed by atoms with Crippen LogP contribution in [0.15, 0.2) is 0 Å². The van der Waals surface area contributed by atoms with Gasteiger partial charge in [0.25, 0.3) is 0 Å². The van der Waals surface area contributed by atoms with Crippen LogP contribution in [0.3, 0.4) is 0 Å². The number of aliphatic hydroxyl groups excluding tert-OH is 1. The Morgan fingerprint density at radius 2 is 2.09 bits per heavy atom. The van der Waals surface area contributed by atoms with Gasteiger partial charge in [0.1, 0.15) is 0 Å². The first kappa shape index (κ1) is 10.9. The van der Waals surface area contributed by atoms with Crippen LogP contribution in [0.5, 0.6) is 0 Å². The monoisotopic (exact) mass is 161 g/mol. The molecule has 0 aromatic heterocycles. The molecule has 1 unspecified atom stereocenters. The zero-order chi connectivity index (χ0) is 8.69. The summed E-state index contributed by atoms with van der Waals surface area (Å²) < 4.78 is 4.90. The molecule has 0 aliphatic rings. The molecule has 0 rings (SSSR count).